The van der Waals surface area contributed by atoms with Crippen LogP contribution in [0.1, 0.15) is 24.8 Å². The van der Waals surface area contributed by atoms with E-state index in [2.05, 4.69) is 15.7 Å². The Morgan fingerprint density at radius 3 is 2.85 bits per heavy atom. The fourth-order valence-corrected chi connectivity index (χ4v) is 3.22. The van der Waals surface area contributed by atoms with E-state index in [1.807, 2.05) is 40.0 Å². The fraction of sp³-hybridized carbons (Fsp3) is 0.389. The van der Waals surface area contributed by atoms with Gasteiger partial charge in [0, 0.05) is 37.3 Å². The van der Waals surface area contributed by atoms with Crippen LogP contribution in [0.4, 0.5) is 5.69 Å². The molecule has 2 aromatic rings. The lowest BCUT2D eigenvalue weighted by atomic mass is 10.2. The van der Waals surface area contributed by atoms with Crippen LogP contribution in [0.25, 0.3) is 0 Å². The Balaban J connectivity index is 1.38. The van der Waals surface area contributed by atoms with E-state index in [-0.39, 0.29) is 5.91 Å². The smallest absolute Gasteiger partial charge is 0.222 e. The topological polar surface area (TPSA) is 62.2 Å². The number of hydrogen-bond acceptors (Lipinski definition) is 3. The van der Waals surface area contributed by atoms with Gasteiger partial charge in [0.15, 0.2) is 5.11 Å². The van der Waals surface area contributed by atoms with E-state index in [9.17, 15) is 4.79 Å². The highest BCUT2D eigenvalue weighted by molar-refractivity contribution is 7.80. The third kappa shape index (κ3) is 5.44. The second-order valence-corrected chi connectivity index (χ2v) is 7.12. The molecule has 2 heterocycles. The van der Waals surface area contributed by atoms with E-state index in [4.69, 9.17) is 23.8 Å². The van der Waals surface area contributed by atoms with Crippen LogP contribution < -0.4 is 10.6 Å². The molecule has 0 radical (unpaired) electrons. The third-order valence-electron chi connectivity index (χ3n) is 4.21. The van der Waals surface area contributed by atoms with Gasteiger partial charge in [-0.3, -0.25) is 9.48 Å². The first-order chi connectivity index (χ1) is 12.6. The number of likely N-dealkylation sites (tertiary alicyclic amines) is 1. The molecular weight excluding hydrogens is 370 g/mol. The van der Waals surface area contributed by atoms with Crippen LogP contribution in [0.2, 0.25) is 5.02 Å². The zero-order chi connectivity index (χ0) is 18.4. The summed E-state index contributed by atoms with van der Waals surface area (Å²) in [4.78, 5) is 13.5. The van der Waals surface area contributed by atoms with Gasteiger partial charge in [-0.15, -0.1) is 0 Å². The van der Waals surface area contributed by atoms with Crippen LogP contribution >= 0.6 is 23.8 Å². The molecule has 1 aromatic carbocycles. The van der Waals surface area contributed by atoms with E-state index in [1.54, 1.807) is 6.20 Å². The number of rotatable bonds is 7. The Hall–Kier alpha value is -2.12. The molecular formula is C18H22ClN5OS. The minimum Gasteiger partial charge on any atom is -0.362 e. The maximum Gasteiger partial charge on any atom is 0.222 e. The minimum atomic E-state index is 0.263. The van der Waals surface area contributed by atoms with Gasteiger partial charge in [-0.2, -0.15) is 5.10 Å². The highest BCUT2D eigenvalue weighted by Crippen LogP contribution is 2.12. The molecule has 0 atom stereocenters. The number of carbonyl (C=O) groups excluding carboxylic acids is 1. The first-order valence-corrected chi connectivity index (χ1v) is 9.48. The second kappa shape index (κ2) is 9.00. The molecule has 138 valence electrons. The monoisotopic (exact) mass is 391 g/mol. The number of nitrogens with zero attached hydrogens (tertiary/aromatic N) is 3. The number of amides is 1. The summed E-state index contributed by atoms with van der Waals surface area (Å²) in [5.74, 6) is 0.263. The average Bonchev–Trinajstić information content (AvgIpc) is 3.23. The van der Waals surface area contributed by atoms with Gasteiger partial charge in [0.2, 0.25) is 5.91 Å². The van der Waals surface area contributed by atoms with Crippen molar-refractivity contribution < 1.29 is 4.79 Å². The van der Waals surface area contributed by atoms with Crippen molar-refractivity contribution in [3.05, 3.63) is 47.2 Å². The van der Waals surface area contributed by atoms with Crippen molar-refractivity contribution in [2.45, 2.75) is 25.8 Å². The van der Waals surface area contributed by atoms with Gasteiger partial charge in [0.1, 0.15) is 0 Å². The predicted molar refractivity (Wildman–Crippen MR) is 107 cm³/mol. The number of carbonyl (C=O) groups is 1. The van der Waals surface area contributed by atoms with Crippen molar-refractivity contribution in [3.63, 3.8) is 0 Å². The molecule has 1 saturated heterocycles. The lowest BCUT2D eigenvalue weighted by Gasteiger charge is -2.15. The molecule has 0 spiro atoms. The van der Waals surface area contributed by atoms with Crippen LogP contribution in [0.3, 0.4) is 0 Å². The van der Waals surface area contributed by atoms with Gasteiger partial charge in [-0.1, -0.05) is 23.7 Å². The third-order valence-corrected chi connectivity index (χ3v) is 4.71. The summed E-state index contributed by atoms with van der Waals surface area (Å²) < 4.78 is 1.84. The minimum absolute atomic E-state index is 0.263. The summed E-state index contributed by atoms with van der Waals surface area (Å²) in [7, 11) is 0. The van der Waals surface area contributed by atoms with Gasteiger partial charge in [0.05, 0.1) is 18.4 Å². The van der Waals surface area contributed by atoms with E-state index in [0.29, 0.717) is 18.1 Å². The molecule has 0 aliphatic carbocycles. The lowest BCUT2D eigenvalue weighted by Crippen LogP contribution is -2.32. The average molecular weight is 392 g/mol. The highest BCUT2D eigenvalue weighted by atomic mass is 35.5. The van der Waals surface area contributed by atoms with Crippen LogP contribution in [-0.4, -0.2) is 45.3 Å². The number of hydrogen-bond donors (Lipinski definition) is 2. The summed E-state index contributed by atoms with van der Waals surface area (Å²) in [5, 5.41) is 11.9. The van der Waals surface area contributed by atoms with Crippen LogP contribution in [0, 0.1) is 0 Å². The molecule has 0 bridgehead atoms. The van der Waals surface area contributed by atoms with Crippen LogP contribution in [0.5, 0.6) is 0 Å². The van der Waals surface area contributed by atoms with Gasteiger partial charge in [0.25, 0.3) is 0 Å². The van der Waals surface area contributed by atoms with Gasteiger partial charge >= 0.3 is 0 Å². The van der Waals surface area contributed by atoms with Crippen molar-refractivity contribution in [1.82, 2.24) is 20.0 Å². The molecule has 0 saturated carbocycles. The van der Waals surface area contributed by atoms with Crippen molar-refractivity contribution in [3.8, 4) is 0 Å². The summed E-state index contributed by atoms with van der Waals surface area (Å²) >= 11 is 11.2. The van der Waals surface area contributed by atoms with Crippen molar-refractivity contribution in [2.75, 3.05) is 25.0 Å². The molecule has 2 N–H and O–H groups in total. The fourth-order valence-electron chi connectivity index (χ4n) is 2.88. The SMILES string of the molecule is O=C1CCCN1CCCNC(=S)Nc1cnn(Cc2ccc(Cl)cc2)c1. The Kier molecular flexibility index (Phi) is 6.46. The van der Waals surface area contributed by atoms with E-state index in [0.717, 1.165) is 48.7 Å². The van der Waals surface area contributed by atoms with E-state index in [1.165, 1.54) is 0 Å². The molecule has 1 fully saturated rings. The molecule has 1 aliphatic rings. The Labute approximate surface area is 163 Å². The molecule has 1 amide bonds. The molecule has 1 aliphatic heterocycles. The zero-order valence-corrected chi connectivity index (χ0v) is 16.0. The first kappa shape index (κ1) is 18.7. The standard InChI is InChI=1S/C18H22ClN5OS/c19-15-6-4-14(5-7-15)12-24-13-16(11-21-24)22-18(26)20-8-2-10-23-9-1-3-17(23)25/h4-7,11,13H,1-3,8-10,12H2,(H2,20,22,26). The van der Waals surface area contributed by atoms with Gasteiger partial charge in [-0.05, 0) is 42.8 Å². The number of halogens is 1. The van der Waals surface area contributed by atoms with Crippen molar-refractivity contribution in [2.24, 2.45) is 0 Å². The molecule has 26 heavy (non-hydrogen) atoms. The van der Waals surface area contributed by atoms with Crippen LogP contribution in [0.15, 0.2) is 36.7 Å². The van der Waals surface area contributed by atoms with Crippen molar-refractivity contribution in [1.29, 1.82) is 0 Å². The number of nitrogens with one attached hydrogen (secondary N) is 2. The van der Waals surface area contributed by atoms with E-state index < -0.39 is 0 Å². The molecule has 6 nitrogen and oxygen atoms in total. The second-order valence-electron chi connectivity index (χ2n) is 6.27. The maximum absolute atomic E-state index is 11.5. The highest BCUT2D eigenvalue weighted by Gasteiger charge is 2.18. The quantitative estimate of drug-likeness (QED) is 0.561. The van der Waals surface area contributed by atoms with Gasteiger partial charge in [-0.25, -0.2) is 0 Å². The Morgan fingerprint density at radius 2 is 2.12 bits per heavy atom. The summed E-state index contributed by atoms with van der Waals surface area (Å²) in [6, 6.07) is 7.70. The maximum atomic E-state index is 11.5. The zero-order valence-electron chi connectivity index (χ0n) is 14.4. The lowest BCUT2D eigenvalue weighted by molar-refractivity contribution is -0.127. The van der Waals surface area contributed by atoms with E-state index >= 15 is 0 Å². The number of thiocarbonyl (C=S) groups is 1. The normalized spacial score (nSPS) is 13.9. The largest absolute Gasteiger partial charge is 0.362 e. The molecule has 1 aromatic heterocycles. The Morgan fingerprint density at radius 1 is 1.31 bits per heavy atom. The number of anilines is 1. The van der Waals surface area contributed by atoms with Crippen molar-refractivity contribution >= 4 is 40.5 Å². The number of aromatic nitrogens is 2. The van der Waals surface area contributed by atoms with Gasteiger partial charge < -0.3 is 15.5 Å². The summed E-state index contributed by atoms with van der Waals surface area (Å²) in [5.41, 5.74) is 1.97. The molecule has 8 heteroatoms. The first-order valence-electron chi connectivity index (χ1n) is 8.70. The van der Waals surface area contributed by atoms with Crippen LogP contribution in [-0.2, 0) is 11.3 Å². The molecule has 3 rings (SSSR count). The summed E-state index contributed by atoms with van der Waals surface area (Å²) in [6.07, 6.45) is 6.20. The Bertz CT molecular complexity index is 761. The summed E-state index contributed by atoms with van der Waals surface area (Å²) in [6.45, 7) is 3.07. The molecule has 0 unspecified atom stereocenters. The number of benzene rings is 1. The predicted octanol–water partition coefficient (Wildman–Crippen LogP) is 2.88.